The van der Waals surface area contributed by atoms with Crippen molar-refractivity contribution in [3.8, 4) is 0 Å². The molecule has 0 radical (unpaired) electrons. The summed E-state index contributed by atoms with van der Waals surface area (Å²) < 4.78 is 0. The zero-order valence-corrected chi connectivity index (χ0v) is 11.4. The highest BCUT2D eigenvalue weighted by Crippen LogP contribution is 2.11. The number of carbonyl (C=O) groups is 2. The van der Waals surface area contributed by atoms with Crippen LogP contribution in [0.5, 0.6) is 0 Å². The molecule has 0 aliphatic carbocycles. The van der Waals surface area contributed by atoms with E-state index in [9.17, 15) is 9.59 Å². The van der Waals surface area contributed by atoms with Crippen LogP contribution in [0, 0.1) is 6.92 Å². The lowest BCUT2D eigenvalue weighted by atomic mass is 10.3. The first-order valence-electron chi connectivity index (χ1n) is 5.69. The SMILES string of the molecule is Cc1ncsc1CNC(=O)Nc1ccc(C(=O)O)nc1. The van der Waals surface area contributed by atoms with E-state index in [1.807, 2.05) is 6.92 Å². The van der Waals surface area contributed by atoms with Crippen molar-refractivity contribution in [2.45, 2.75) is 13.5 Å². The Balaban J connectivity index is 1.88. The van der Waals surface area contributed by atoms with E-state index in [2.05, 4.69) is 20.6 Å². The van der Waals surface area contributed by atoms with E-state index < -0.39 is 5.97 Å². The molecular formula is C12H12N4O3S. The van der Waals surface area contributed by atoms with Gasteiger partial charge in [-0.2, -0.15) is 0 Å². The van der Waals surface area contributed by atoms with Crippen molar-refractivity contribution < 1.29 is 14.7 Å². The van der Waals surface area contributed by atoms with Crippen molar-refractivity contribution in [3.63, 3.8) is 0 Å². The number of nitrogens with zero attached hydrogens (tertiary/aromatic N) is 2. The number of anilines is 1. The molecule has 0 aliphatic rings. The minimum Gasteiger partial charge on any atom is -0.477 e. The Kier molecular flexibility index (Phi) is 4.26. The molecule has 0 aliphatic heterocycles. The number of aromatic carboxylic acids is 1. The van der Waals surface area contributed by atoms with E-state index in [1.54, 1.807) is 5.51 Å². The van der Waals surface area contributed by atoms with Crippen molar-refractivity contribution in [2.24, 2.45) is 0 Å². The zero-order valence-electron chi connectivity index (χ0n) is 10.6. The third kappa shape index (κ3) is 3.51. The predicted octanol–water partition coefficient (Wildman–Crippen LogP) is 1.87. The molecule has 0 unspecified atom stereocenters. The second kappa shape index (κ2) is 6.11. The maximum Gasteiger partial charge on any atom is 0.354 e. The summed E-state index contributed by atoms with van der Waals surface area (Å²) in [5, 5.41) is 14.0. The van der Waals surface area contributed by atoms with E-state index in [1.165, 1.54) is 29.7 Å². The number of aryl methyl sites for hydroxylation is 1. The maximum atomic E-state index is 11.7. The third-order valence-electron chi connectivity index (χ3n) is 2.49. The van der Waals surface area contributed by atoms with Crippen LogP contribution < -0.4 is 10.6 Å². The number of amides is 2. The van der Waals surface area contributed by atoms with Crippen LogP contribution in [-0.2, 0) is 6.54 Å². The first-order valence-corrected chi connectivity index (χ1v) is 6.57. The number of carbonyl (C=O) groups excluding carboxylic acids is 1. The Hall–Kier alpha value is -2.48. The van der Waals surface area contributed by atoms with E-state index >= 15 is 0 Å². The summed E-state index contributed by atoms with van der Waals surface area (Å²) in [4.78, 5) is 31.1. The van der Waals surface area contributed by atoms with Gasteiger partial charge in [-0.1, -0.05) is 0 Å². The molecule has 0 saturated heterocycles. The van der Waals surface area contributed by atoms with E-state index in [0.29, 0.717) is 12.2 Å². The van der Waals surface area contributed by atoms with Crippen LogP contribution >= 0.6 is 11.3 Å². The predicted molar refractivity (Wildman–Crippen MR) is 73.9 cm³/mol. The number of nitrogens with one attached hydrogen (secondary N) is 2. The number of hydrogen-bond donors (Lipinski definition) is 3. The molecule has 7 nitrogen and oxygen atoms in total. The van der Waals surface area contributed by atoms with Crippen molar-refractivity contribution in [1.29, 1.82) is 0 Å². The third-order valence-corrected chi connectivity index (χ3v) is 3.43. The number of thiazole rings is 1. The average molecular weight is 292 g/mol. The van der Waals surface area contributed by atoms with Gasteiger partial charge in [0.05, 0.1) is 29.6 Å². The highest BCUT2D eigenvalue weighted by molar-refractivity contribution is 7.09. The first kappa shape index (κ1) is 13.9. The summed E-state index contributed by atoms with van der Waals surface area (Å²) >= 11 is 1.47. The van der Waals surface area contributed by atoms with Gasteiger partial charge in [0.2, 0.25) is 0 Å². The number of aromatic nitrogens is 2. The molecule has 3 N–H and O–H groups in total. The van der Waals surface area contributed by atoms with Crippen molar-refractivity contribution in [2.75, 3.05) is 5.32 Å². The molecule has 0 saturated carbocycles. The van der Waals surface area contributed by atoms with E-state index in [0.717, 1.165) is 10.6 Å². The maximum absolute atomic E-state index is 11.7. The number of carboxylic acids is 1. The second-order valence-electron chi connectivity index (χ2n) is 3.91. The molecule has 20 heavy (non-hydrogen) atoms. The normalized spacial score (nSPS) is 10.1. The average Bonchev–Trinajstić information content (AvgIpc) is 2.82. The summed E-state index contributed by atoms with van der Waals surface area (Å²) in [6.07, 6.45) is 1.29. The molecule has 0 bridgehead atoms. The molecule has 2 amide bonds. The zero-order chi connectivity index (χ0) is 14.5. The summed E-state index contributed by atoms with van der Waals surface area (Å²) in [7, 11) is 0. The van der Waals surface area contributed by atoms with Crippen LogP contribution in [0.4, 0.5) is 10.5 Å². The number of pyridine rings is 1. The van der Waals surface area contributed by atoms with Crippen LogP contribution in [0.15, 0.2) is 23.8 Å². The fourth-order valence-corrected chi connectivity index (χ4v) is 2.14. The minimum absolute atomic E-state index is 0.0729. The van der Waals surface area contributed by atoms with Crippen LogP contribution in [-0.4, -0.2) is 27.1 Å². The molecule has 0 spiro atoms. The Morgan fingerprint density at radius 1 is 1.35 bits per heavy atom. The Bertz CT molecular complexity index is 624. The number of rotatable bonds is 4. The molecule has 2 aromatic rings. The summed E-state index contributed by atoms with van der Waals surface area (Å²) in [5.41, 5.74) is 2.96. The molecule has 2 rings (SSSR count). The Labute approximate surface area is 118 Å². The largest absolute Gasteiger partial charge is 0.477 e. The lowest BCUT2D eigenvalue weighted by Gasteiger charge is -2.06. The van der Waals surface area contributed by atoms with Crippen LogP contribution in [0.1, 0.15) is 21.1 Å². The molecule has 2 heterocycles. The summed E-state index contributed by atoms with van der Waals surface area (Å²) in [5.74, 6) is -1.11. The van der Waals surface area contributed by atoms with Gasteiger partial charge >= 0.3 is 12.0 Å². The van der Waals surface area contributed by atoms with Gasteiger partial charge in [-0.25, -0.2) is 19.6 Å². The Morgan fingerprint density at radius 3 is 2.70 bits per heavy atom. The minimum atomic E-state index is -1.11. The van der Waals surface area contributed by atoms with Gasteiger partial charge in [-0.15, -0.1) is 11.3 Å². The number of urea groups is 1. The van der Waals surface area contributed by atoms with Gasteiger partial charge < -0.3 is 15.7 Å². The van der Waals surface area contributed by atoms with Crippen molar-refractivity contribution >= 4 is 29.0 Å². The van der Waals surface area contributed by atoms with Crippen LogP contribution in [0.3, 0.4) is 0 Å². The topological polar surface area (TPSA) is 104 Å². The standard InChI is InChI=1S/C12H12N4O3S/c1-7-10(20-6-15-7)5-14-12(19)16-8-2-3-9(11(17)18)13-4-8/h2-4,6H,5H2,1H3,(H,17,18)(H2,14,16,19). The molecule has 0 fully saturated rings. The van der Waals surface area contributed by atoms with E-state index in [-0.39, 0.29) is 11.7 Å². The fraction of sp³-hybridized carbons (Fsp3) is 0.167. The van der Waals surface area contributed by atoms with Crippen LogP contribution in [0.2, 0.25) is 0 Å². The molecule has 0 aromatic carbocycles. The van der Waals surface area contributed by atoms with Crippen molar-refractivity contribution in [3.05, 3.63) is 40.1 Å². The van der Waals surface area contributed by atoms with Gasteiger partial charge in [0.25, 0.3) is 0 Å². The number of carboxylic acid groups (broad SMARTS) is 1. The molecular weight excluding hydrogens is 280 g/mol. The molecule has 104 valence electrons. The summed E-state index contributed by atoms with van der Waals surface area (Å²) in [6, 6.07) is 2.42. The van der Waals surface area contributed by atoms with Gasteiger partial charge in [0.1, 0.15) is 5.69 Å². The molecule has 2 aromatic heterocycles. The number of hydrogen-bond acceptors (Lipinski definition) is 5. The monoisotopic (exact) mass is 292 g/mol. The lowest BCUT2D eigenvalue weighted by molar-refractivity contribution is 0.0690. The Morgan fingerprint density at radius 2 is 2.15 bits per heavy atom. The van der Waals surface area contributed by atoms with Gasteiger partial charge in [0, 0.05) is 4.88 Å². The fourth-order valence-electron chi connectivity index (χ4n) is 1.43. The lowest BCUT2D eigenvalue weighted by Crippen LogP contribution is -2.28. The molecule has 0 atom stereocenters. The van der Waals surface area contributed by atoms with Gasteiger partial charge in [-0.05, 0) is 19.1 Å². The molecule has 8 heteroatoms. The summed E-state index contributed by atoms with van der Waals surface area (Å²) in [6.45, 7) is 2.27. The van der Waals surface area contributed by atoms with E-state index in [4.69, 9.17) is 5.11 Å². The van der Waals surface area contributed by atoms with Crippen LogP contribution in [0.25, 0.3) is 0 Å². The smallest absolute Gasteiger partial charge is 0.354 e. The highest BCUT2D eigenvalue weighted by Gasteiger charge is 2.07. The van der Waals surface area contributed by atoms with Gasteiger partial charge in [-0.3, -0.25) is 0 Å². The second-order valence-corrected chi connectivity index (χ2v) is 4.85. The van der Waals surface area contributed by atoms with Crippen molar-refractivity contribution in [1.82, 2.24) is 15.3 Å². The first-order chi connectivity index (χ1) is 9.56. The highest BCUT2D eigenvalue weighted by atomic mass is 32.1. The van der Waals surface area contributed by atoms with Gasteiger partial charge in [0.15, 0.2) is 0 Å². The quantitative estimate of drug-likeness (QED) is 0.798.